The second kappa shape index (κ2) is 5.99. The lowest BCUT2D eigenvalue weighted by Crippen LogP contribution is -2.14. The van der Waals surface area contributed by atoms with Crippen molar-refractivity contribution in [1.29, 1.82) is 0 Å². The molecule has 0 unspecified atom stereocenters. The Balaban J connectivity index is 2.11. The van der Waals surface area contributed by atoms with Gasteiger partial charge in [-0.25, -0.2) is 4.79 Å². The molecule has 0 bridgehead atoms. The SMILES string of the molecule is O=C(Cc1cccs1)Nc1cc(C(=O)O)ccc1Br. The summed E-state index contributed by atoms with van der Waals surface area (Å²) < 4.78 is 0.650. The molecule has 98 valence electrons. The van der Waals surface area contributed by atoms with Crippen LogP contribution < -0.4 is 5.32 Å². The van der Waals surface area contributed by atoms with E-state index >= 15 is 0 Å². The maximum Gasteiger partial charge on any atom is 0.335 e. The van der Waals surface area contributed by atoms with Gasteiger partial charge < -0.3 is 10.4 Å². The predicted octanol–water partition coefficient (Wildman–Crippen LogP) is 3.39. The number of rotatable bonds is 4. The molecule has 0 fully saturated rings. The zero-order valence-corrected chi connectivity index (χ0v) is 12.1. The minimum atomic E-state index is -1.03. The second-order valence-electron chi connectivity index (χ2n) is 3.80. The van der Waals surface area contributed by atoms with Gasteiger partial charge in [0.05, 0.1) is 17.7 Å². The van der Waals surface area contributed by atoms with Crippen LogP contribution in [0.25, 0.3) is 0 Å². The van der Waals surface area contributed by atoms with Crippen LogP contribution in [-0.4, -0.2) is 17.0 Å². The topological polar surface area (TPSA) is 66.4 Å². The van der Waals surface area contributed by atoms with Gasteiger partial charge in [-0.05, 0) is 45.6 Å². The van der Waals surface area contributed by atoms with E-state index in [1.165, 1.54) is 23.5 Å². The van der Waals surface area contributed by atoms with E-state index in [2.05, 4.69) is 21.2 Å². The van der Waals surface area contributed by atoms with Crippen LogP contribution in [0.3, 0.4) is 0 Å². The summed E-state index contributed by atoms with van der Waals surface area (Å²) in [5.74, 6) is -1.20. The zero-order valence-electron chi connectivity index (χ0n) is 9.72. The number of carboxylic acid groups (broad SMARTS) is 1. The smallest absolute Gasteiger partial charge is 0.335 e. The lowest BCUT2D eigenvalue weighted by Gasteiger charge is -2.07. The highest BCUT2D eigenvalue weighted by Crippen LogP contribution is 2.24. The Hall–Kier alpha value is -1.66. The fraction of sp³-hybridized carbons (Fsp3) is 0.0769. The van der Waals surface area contributed by atoms with Gasteiger partial charge in [-0.2, -0.15) is 0 Å². The third-order valence-corrected chi connectivity index (χ3v) is 3.97. The molecule has 0 saturated carbocycles. The first-order valence-corrected chi connectivity index (χ1v) is 7.08. The number of hydrogen-bond acceptors (Lipinski definition) is 3. The van der Waals surface area contributed by atoms with Crippen LogP contribution >= 0.6 is 27.3 Å². The van der Waals surface area contributed by atoms with Gasteiger partial charge in [-0.15, -0.1) is 11.3 Å². The van der Waals surface area contributed by atoms with Crippen molar-refractivity contribution in [3.05, 3.63) is 50.6 Å². The molecule has 0 saturated heterocycles. The van der Waals surface area contributed by atoms with Crippen LogP contribution in [0, 0.1) is 0 Å². The van der Waals surface area contributed by atoms with Gasteiger partial charge in [0.15, 0.2) is 0 Å². The fourth-order valence-corrected chi connectivity index (χ4v) is 2.57. The van der Waals surface area contributed by atoms with Crippen molar-refractivity contribution in [2.24, 2.45) is 0 Å². The van der Waals surface area contributed by atoms with Crippen molar-refractivity contribution >= 4 is 44.8 Å². The van der Waals surface area contributed by atoms with E-state index in [9.17, 15) is 9.59 Å². The lowest BCUT2D eigenvalue weighted by molar-refractivity contribution is -0.115. The van der Waals surface area contributed by atoms with Gasteiger partial charge in [0, 0.05) is 9.35 Å². The maximum absolute atomic E-state index is 11.8. The Kier molecular flexibility index (Phi) is 4.34. The van der Waals surface area contributed by atoms with E-state index in [1.807, 2.05) is 17.5 Å². The van der Waals surface area contributed by atoms with Crippen molar-refractivity contribution in [2.75, 3.05) is 5.32 Å². The van der Waals surface area contributed by atoms with Crippen molar-refractivity contribution in [2.45, 2.75) is 6.42 Å². The summed E-state index contributed by atoms with van der Waals surface area (Å²) in [6, 6.07) is 8.27. The minimum absolute atomic E-state index is 0.134. The number of carboxylic acids is 1. The highest BCUT2D eigenvalue weighted by atomic mass is 79.9. The summed E-state index contributed by atoms with van der Waals surface area (Å²) >= 11 is 4.79. The van der Waals surface area contributed by atoms with Crippen molar-refractivity contribution in [1.82, 2.24) is 0 Å². The van der Waals surface area contributed by atoms with Crippen LogP contribution in [0.4, 0.5) is 5.69 Å². The summed E-state index contributed by atoms with van der Waals surface area (Å²) in [7, 11) is 0. The Bertz CT molecular complexity index is 610. The van der Waals surface area contributed by atoms with Crippen molar-refractivity contribution in [3.8, 4) is 0 Å². The minimum Gasteiger partial charge on any atom is -0.478 e. The van der Waals surface area contributed by atoms with Gasteiger partial charge >= 0.3 is 5.97 Å². The fourth-order valence-electron chi connectivity index (χ4n) is 1.52. The van der Waals surface area contributed by atoms with Crippen molar-refractivity contribution < 1.29 is 14.7 Å². The molecule has 2 N–H and O–H groups in total. The lowest BCUT2D eigenvalue weighted by atomic mass is 10.2. The summed E-state index contributed by atoms with van der Waals surface area (Å²) in [6.45, 7) is 0. The monoisotopic (exact) mass is 339 g/mol. The first kappa shape index (κ1) is 13.8. The average Bonchev–Trinajstić information content (AvgIpc) is 2.84. The number of hydrogen-bond donors (Lipinski definition) is 2. The Labute approximate surface area is 122 Å². The molecule has 6 heteroatoms. The molecule has 19 heavy (non-hydrogen) atoms. The molecule has 1 aromatic heterocycles. The number of thiophene rings is 1. The number of benzene rings is 1. The standard InChI is InChI=1S/C13H10BrNO3S/c14-10-4-3-8(13(17)18)6-11(10)15-12(16)7-9-2-1-5-19-9/h1-6H,7H2,(H,15,16)(H,17,18). The molecular weight excluding hydrogens is 330 g/mol. The van der Waals surface area contributed by atoms with E-state index in [0.29, 0.717) is 10.2 Å². The first-order valence-electron chi connectivity index (χ1n) is 5.41. The van der Waals surface area contributed by atoms with E-state index in [4.69, 9.17) is 5.11 Å². The van der Waals surface area contributed by atoms with Gasteiger partial charge in [0.1, 0.15) is 0 Å². The summed E-state index contributed by atoms with van der Waals surface area (Å²) in [5, 5.41) is 13.5. The third-order valence-electron chi connectivity index (χ3n) is 2.40. The van der Waals surface area contributed by atoms with Gasteiger partial charge in [-0.3, -0.25) is 4.79 Å². The molecule has 0 aliphatic carbocycles. The number of nitrogens with one attached hydrogen (secondary N) is 1. The molecule has 0 spiro atoms. The predicted molar refractivity (Wildman–Crippen MR) is 77.8 cm³/mol. The highest BCUT2D eigenvalue weighted by Gasteiger charge is 2.10. The summed E-state index contributed by atoms with van der Waals surface area (Å²) in [4.78, 5) is 23.7. The molecule has 4 nitrogen and oxygen atoms in total. The first-order chi connectivity index (χ1) is 9.06. The van der Waals surface area contributed by atoms with E-state index < -0.39 is 5.97 Å². The number of carbonyl (C=O) groups excluding carboxylic acids is 1. The molecule has 0 aliphatic rings. The molecule has 1 heterocycles. The Morgan fingerprint density at radius 1 is 1.32 bits per heavy atom. The van der Waals surface area contributed by atoms with Crippen LogP contribution in [0.2, 0.25) is 0 Å². The molecule has 0 atom stereocenters. The van der Waals surface area contributed by atoms with Crippen LogP contribution in [0.1, 0.15) is 15.2 Å². The Morgan fingerprint density at radius 2 is 2.11 bits per heavy atom. The van der Waals surface area contributed by atoms with E-state index in [0.717, 1.165) is 4.88 Å². The van der Waals surface area contributed by atoms with Crippen LogP contribution in [-0.2, 0) is 11.2 Å². The normalized spacial score (nSPS) is 10.2. The number of anilines is 1. The highest BCUT2D eigenvalue weighted by molar-refractivity contribution is 9.10. The zero-order chi connectivity index (χ0) is 13.8. The maximum atomic E-state index is 11.8. The van der Waals surface area contributed by atoms with Gasteiger partial charge in [-0.1, -0.05) is 6.07 Å². The largest absolute Gasteiger partial charge is 0.478 e. The van der Waals surface area contributed by atoms with Crippen molar-refractivity contribution in [3.63, 3.8) is 0 Å². The third kappa shape index (κ3) is 3.65. The molecule has 2 rings (SSSR count). The second-order valence-corrected chi connectivity index (χ2v) is 5.69. The average molecular weight is 340 g/mol. The Morgan fingerprint density at radius 3 is 2.74 bits per heavy atom. The number of halogens is 1. The summed E-state index contributed by atoms with van der Waals surface area (Å²) in [5.41, 5.74) is 0.594. The number of aromatic carboxylic acids is 1. The number of amides is 1. The molecule has 1 aromatic carbocycles. The van der Waals surface area contributed by atoms with Crippen LogP contribution in [0.15, 0.2) is 40.2 Å². The van der Waals surface area contributed by atoms with Crippen LogP contribution in [0.5, 0.6) is 0 Å². The summed E-state index contributed by atoms with van der Waals surface area (Å²) in [6.07, 6.45) is 0.279. The van der Waals surface area contributed by atoms with Gasteiger partial charge in [0.2, 0.25) is 5.91 Å². The quantitative estimate of drug-likeness (QED) is 0.897. The number of carbonyl (C=O) groups is 2. The molecule has 0 aliphatic heterocycles. The van der Waals surface area contributed by atoms with Gasteiger partial charge in [0.25, 0.3) is 0 Å². The molecule has 1 amide bonds. The molecule has 2 aromatic rings. The van der Waals surface area contributed by atoms with E-state index in [-0.39, 0.29) is 17.9 Å². The van der Waals surface area contributed by atoms with E-state index in [1.54, 1.807) is 6.07 Å². The molecule has 0 radical (unpaired) electrons. The molecular formula is C13H10BrNO3S.